The van der Waals surface area contributed by atoms with E-state index < -0.39 is 10.2 Å². The van der Waals surface area contributed by atoms with Crippen molar-refractivity contribution in [1.82, 2.24) is 0 Å². The van der Waals surface area contributed by atoms with Gasteiger partial charge in [0.1, 0.15) is 0 Å². The minimum Gasteiger partial charge on any atom is -0.385 e. The van der Waals surface area contributed by atoms with Gasteiger partial charge < -0.3 is 5.32 Å². The van der Waals surface area contributed by atoms with Gasteiger partial charge in [-0.3, -0.25) is 4.31 Å². The van der Waals surface area contributed by atoms with Crippen LogP contribution in [-0.2, 0) is 10.2 Å². The highest BCUT2D eigenvalue weighted by Crippen LogP contribution is 2.29. The Labute approximate surface area is 109 Å². The van der Waals surface area contributed by atoms with Crippen LogP contribution in [0.15, 0.2) is 12.1 Å². The molecular formula is C12H21N3O2S. The third-order valence-electron chi connectivity index (χ3n) is 2.99. The van der Waals surface area contributed by atoms with Crippen LogP contribution in [0.25, 0.3) is 0 Å². The Morgan fingerprint density at radius 1 is 1.22 bits per heavy atom. The van der Waals surface area contributed by atoms with E-state index in [2.05, 4.69) is 5.32 Å². The van der Waals surface area contributed by atoms with Gasteiger partial charge in [-0.1, -0.05) is 0 Å². The van der Waals surface area contributed by atoms with Crippen molar-refractivity contribution in [2.75, 3.05) is 22.7 Å². The zero-order valence-electron chi connectivity index (χ0n) is 11.3. The second-order valence-corrected chi connectivity index (χ2v) is 5.59. The van der Waals surface area contributed by atoms with Crippen LogP contribution in [0.4, 0.5) is 11.4 Å². The fraction of sp³-hybridized carbons (Fsp3) is 0.500. The van der Waals surface area contributed by atoms with Crippen molar-refractivity contribution in [3.8, 4) is 0 Å². The van der Waals surface area contributed by atoms with Gasteiger partial charge in [0.2, 0.25) is 0 Å². The second-order valence-electron chi connectivity index (χ2n) is 4.12. The number of hydrogen-bond acceptors (Lipinski definition) is 3. The summed E-state index contributed by atoms with van der Waals surface area (Å²) in [7, 11) is -3.72. The average Bonchev–Trinajstić information content (AvgIpc) is 2.27. The molecule has 0 aliphatic carbocycles. The molecule has 0 saturated carbocycles. The Bertz CT molecular complexity index is 526. The molecule has 0 fully saturated rings. The van der Waals surface area contributed by atoms with Gasteiger partial charge in [0, 0.05) is 18.8 Å². The van der Waals surface area contributed by atoms with Crippen LogP contribution >= 0.6 is 0 Å². The van der Waals surface area contributed by atoms with Gasteiger partial charge in [-0.2, -0.15) is 8.42 Å². The standard InChI is InChI=1S/C12H21N3O2S/c1-5-14-11-7-8-12(10(4)9(11)3)15(6-2)18(13,16)17/h7-8,14H,5-6H2,1-4H3,(H2,13,16,17). The maximum Gasteiger partial charge on any atom is 0.298 e. The van der Waals surface area contributed by atoms with E-state index in [0.717, 1.165) is 23.4 Å². The molecule has 1 aromatic carbocycles. The normalized spacial score (nSPS) is 11.4. The molecule has 0 radical (unpaired) electrons. The molecule has 1 rings (SSSR count). The quantitative estimate of drug-likeness (QED) is 0.857. The highest BCUT2D eigenvalue weighted by Gasteiger charge is 2.19. The van der Waals surface area contributed by atoms with E-state index in [4.69, 9.17) is 5.14 Å². The van der Waals surface area contributed by atoms with E-state index in [1.165, 1.54) is 4.31 Å². The van der Waals surface area contributed by atoms with E-state index in [-0.39, 0.29) is 0 Å². The summed E-state index contributed by atoms with van der Waals surface area (Å²) in [5, 5.41) is 8.46. The fourth-order valence-electron chi connectivity index (χ4n) is 1.95. The molecular weight excluding hydrogens is 250 g/mol. The van der Waals surface area contributed by atoms with Crippen LogP contribution in [0.2, 0.25) is 0 Å². The molecule has 0 amide bonds. The molecule has 0 aliphatic heterocycles. The Kier molecular flexibility index (Phi) is 4.59. The molecule has 6 heteroatoms. The Balaban J connectivity index is 3.31. The van der Waals surface area contributed by atoms with Crippen molar-refractivity contribution < 1.29 is 8.42 Å². The molecule has 5 nitrogen and oxygen atoms in total. The number of benzene rings is 1. The minimum atomic E-state index is -3.72. The first-order valence-electron chi connectivity index (χ1n) is 5.97. The molecule has 0 atom stereocenters. The third-order valence-corrected chi connectivity index (χ3v) is 4.06. The van der Waals surface area contributed by atoms with Crippen LogP contribution in [-0.4, -0.2) is 21.5 Å². The lowest BCUT2D eigenvalue weighted by atomic mass is 10.1. The second kappa shape index (κ2) is 5.58. The van der Waals surface area contributed by atoms with E-state index in [1.54, 1.807) is 13.0 Å². The summed E-state index contributed by atoms with van der Waals surface area (Å²) in [5.74, 6) is 0. The molecule has 0 spiro atoms. The van der Waals surface area contributed by atoms with E-state index in [9.17, 15) is 8.42 Å². The third kappa shape index (κ3) is 2.94. The van der Waals surface area contributed by atoms with Crippen molar-refractivity contribution in [2.45, 2.75) is 27.7 Å². The first-order valence-corrected chi connectivity index (χ1v) is 7.47. The van der Waals surface area contributed by atoms with E-state index >= 15 is 0 Å². The lowest BCUT2D eigenvalue weighted by Crippen LogP contribution is -2.37. The minimum absolute atomic E-state index is 0.319. The molecule has 0 aromatic heterocycles. The molecule has 0 saturated heterocycles. The summed E-state index contributed by atoms with van der Waals surface area (Å²) in [5.41, 5.74) is 3.61. The molecule has 0 aliphatic rings. The maximum atomic E-state index is 11.5. The summed E-state index contributed by atoms with van der Waals surface area (Å²) in [6.45, 7) is 8.79. The summed E-state index contributed by atoms with van der Waals surface area (Å²) < 4.78 is 24.3. The van der Waals surface area contributed by atoms with Crippen LogP contribution in [0, 0.1) is 13.8 Å². The fourth-order valence-corrected chi connectivity index (χ4v) is 2.78. The predicted octanol–water partition coefficient (Wildman–Crippen LogP) is 1.77. The van der Waals surface area contributed by atoms with E-state index in [0.29, 0.717) is 12.2 Å². The number of nitrogens with two attached hydrogens (primary N) is 1. The summed E-state index contributed by atoms with van der Waals surface area (Å²) in [4.78, 5) is 0. The maximum absolute atomic E-state index is 11.5. The predicted molar refractivity (Wildman–Crippen MR) is 76.2 cm³/mol. The van der Waals surface area contributed by atoms with Gasteiger partial charge in [-0.05, 0) is 51.0 Å². The van der Waals surface area contributed by atoms with Crippen LogP contribution in [0.5, 0.6) is 0 Å². The number of anilines is 2. The van der Waals surface area contributed by atoms with Gasteiger partial charge in [0.05, 0.1) is 5.69 Å². The molecule has 1 aromatic rings. The van der Waals surface area contributed by atoms with Crippen molar-refractivity contribution >= 4 is 21.6 Å². The SMILES string of the molecule is CCNc1ccc(N(CC)S(N)(=O)=O)c(C)c1C. The lowest BCUT2D eigenvalue weighted by Gasteiger charge is -2.24. The topological polar surface area (TPSA) is 75.4 Å². The Morgan fingerprint density at radius 3 is 2.28 bits per heavy atom. The van der Waals surface area contributed by atoms with Gasteiger partial charge in [0.15, 0.2) is 0 Å². The molecule has 102 valence electrons. The van der Waals surface area contributed by atoms with Crippen molar-refractivity contribution in [2.24, 2.45) is 5.14 Å². The van der Waals surface area contributed by atoms with Crippen LogP contribution in [0.1, 0.15) is 25.0 Å². The highest BCUT2D eigenvalue weighted by molar-refractivity contribution is 7.90. The number of nitrogens with one attached hydrogen (secondary N) is 1. The molecule has 18 heavy (non-hydrogen) atoms. The number of rotatable bonds is 5. The first-order chi connectivity index (χ1) is 8.32. The van der Waals surface area contributed by atoms with Gasteiger partial charge >= 0.3 is 0 Å². The zero-order valence-corrected chi connectivity index (χ0v) is 12.1. The highest BCUT2D eigenvalue weighted by atomic mass is 32.2. The van der Waals surface area contributed by atoms with Crippen molar-refractivity contribution in [3.63, 3.8) is 0 Å². The largest absolute Gasteiger partial charge is 0.385 e. The molecule has 3 N–H and O–H groups in total. The number of hydrogen-bond donors (Lipinski definition) is 2. The Morgan fingerprint density at radius 2 is 1.83 bits per heavy atom. The van der Waals surface area contributed by atoms with Gasteiger partial charge in [0.25, 0.3) is 10.2 Å². The molecule has 0 bridgehead atoms. The first kappa shape index (κ1) is 14.8. The Hall–Kier alpha value is -1.27. The molecule has 0 heterocycles. The smallest absolute Gasteiger partial charge is 0.298 e. The van der Waals surface area contributed by atoms with Crippen molar-refractivity contribution in [3.05, 3.63) is 23.3 Å². The summed E-state index contributed by atoms with van der Waals surface area (Å²) >= 11 is 0. The zero-order chi connectivity index (χ0) is 13.9. The molecule has 0 unspecified atom stereocenters. The summed E-state index contributed by atoms with van der Waals surface area (Å²) in [6, 6.07) is 3.67. The van der Waals surface area contributed by atoms with Crippen LogP contribution in [0.3, 0.4) is 0 Å². The number of nitrogens with zero attached hydrogens (tertiary/aromatic N) is 1. The van der Waals surface area contributed by atoms with Gasteiger partial charge in [-0.25, -0.2) is 5.14 Å². The average molecular weight is 271 g/mol. The van der Waals surface area contributed by atoms with Crippen LogP contribution < -0.4 is 14.8 Å². The van der Waals surface area contributed by atoms with Gasteiger partial charge in [-0.15, -0.1) is 0 Å². The summed E-state index contributed by atoms with van der Waals surface area (Å²) in [6.07, 6.45) is 0. The van der Waals surface area contributed by atoms with Crippen molar-refractivity contribution in [1.29, 1.82) is 0 Å². The monoisotopic (exact) mass is 271 g/mol. The van der Waals surface area contributed by atoms with E-state index in [1.807, 2.05) is 26.8 Å². The lowest BCUT2D eigenvalue weighted by molar-refractivity contribution is 0.593.